The maximum absolute atomic E-state index is 13.1. The highest BCUT2D eigenvalue weighted by atomic mass is 35.5. The summed E-state index contributed by atoms with van der Waals surface area (Å²) in [5.41, 5.74) is 1.96. The average Bonchev–Trinajstić information content (AvgIpc) is 2.70. The number of nitrogens with one attached hydrogen (secondary N) is 1. The molecule has 2 rings (SSSR count). The Labute approximate surface area is 187 Å². The van der Waals surface area contributed by atoms with Gasteiger partial charge in [0, 0.05) is 40.7 Å². The first kappa shape index (κ1) is 23.6. The van der Waals surface area contributed by atoms with Gasteiger partial charge in [0.15, 0.2) is 0 Å². The van der Waals surface area contributed by atoms with Gasteiger partial charge in [0.1, 0.15) is 6.04 Å². The van der Waals surface area contributed by atoms with Crippen molar-refractivity contribution in [2.24, 2.45) is 0 Å². The van der Waals surface area contributed by atoms with E-state index in [0.717, 1.165) is 10.5 Å². The van der Waals surface area contributed by atoms with Gasteiger partial charge in [0.2, 0.25) is 11.8 Å². The van der Waals surface area contributed by atoms with Gasteiger partial charge in [0.25, 0.3) is 0 Å². The third kappa shape index (κ3) is 6.95. The molecule has 1 atom stereocenters. The zero-order valence-corrected chi connectivity index (χ0v) is 19.2. The Balaban J connectivity index is 2.13. The molecule has 0 spiro atoms. The van der Waals surface area contributed by atoms with Crippen LogP contribution in [0.15, 0.2) is 47.4 Å². The average molecular weight is 453 g/mol. The molecule has 2 amide bonds. The predicted octanol–water partition coefficient (Wildman–Crippen LogP) is 5.34. The van der Waals surface area contributed by atoms with Gasteiger partial charge in [-0.3, -0.25) is 9.59 Å². The number of rotatable bonds is 9. The third-order valence-corrected chi connectivity index (χ3v) is 6.19. The van der Waals surface area contributed by atoms with Crippen LogP contribution >= 0.6 is 35.0 Å². The topological polar surface area (TPSA) is 49.4 Å². The van der Waals surface area contributed by atoms with Crippen molar-refractivity contribution in [1.29, 1.82) is 0 Å². The van der Waals surface area contributed by atoms with Crippen molar-refractivity contribution in [3.05, 3.63) is 63.6 Å². The number of hydrogen-bond acceptors (Lipinski definition) is 3. The van der Waals surface area contributed by atoms with Crippen LogP contribution in [0.5, 0.6) is 0 Å². The van der Waals surface area contributed by atoms with Crippen molar-refractivity contribution >= 4 is 46.8 Å². The first-order chi connectivity index (χ1) is 13.8. The van der Waals surface area contributed by atoms with E-state index in [1.807, 2.05) is 13.8 Å². The van der Waals surface area contributed by atoms with Gasteiger partial charge in [-0.1, -0.05) is 53.9 Å². The highest BCUT2D eigenvalue weighted by Gasteiger charge is 2.28. The van der Waals surface area contributed by atoms with E-state index in [2.05, 4.69) is 29.6 Å². The molecule has 0 aliphatic heterocycles. The summed E-state index contributed by atoms with van der Waals surface area (Å²) in [5.74, 6) is 0.375. The molecule has 1 N–H and O–H groups in total. The van der Waals surface area contributed by atoms with Gasteiger partial charge in [-0.2, -0.15) is 0 Å². The van der Waals surface area contributed by atoms with Gasteiger partial charge < -0.3 is 10.2 Å². The van der Waals surface area contributed by atoms with Crippen LogP contribution in [-0.4, -0.2) is 35.6 Å². The summed E-state index contributed by atoms with van der Waals surface area (Å²) in [7, 11) is 1.58. The number of hydrogen-bond donors (Lipinski definition) is 1. The van der Waals surface area contributed by atoms with Crippen LogP contribution < -0.4 is 5.32 Å². The standard InChI is InChI=1S/C22H26Cl2N2O2S/c1-4-20(22(28)25-3)26(14-16-7-8-17(23)13-19(16)24)21(27)11-12-29-18-9-5-15(2)6-10-18/h5-10,13,20H,4,11-12,14H2,1-3H3,(H,25,28)/t20-/m1/s1. The maximum Gasteiger partial charge on any atom is 0.242 e. The quantitative estimate of drug-likeness (QED) is 0.522. The highest BCUT2D eigenvalue weighted by molar-refractivity contribution is 7.99. The number of aryl methyl sites for hydroxylation is 1. The molecule has 0 saturated carbocycles. The number of halogens is 2. The van der Waals surface area contributed by atoms with Gasteiger partial charge in [-0.05, 0) is 43.2 Å². The van der Waals surface area contributed by atoms with Gasteiger partial charge in [0.05, 0.1) is 0 Å². The largest absolute Gasteiger partial charge is 0.357 e. The van der Waals surface area contributed by atoms with Gasteiger partial charge in [-0.15, -0.1) is 11.8 Å². The fraction of sp³-hybridized carbons (Fsp3) is 0.364. The van der Waals surface area contributed by atoms with Crippen molar-refractivity contribution in [3.63, 3.8) is 0 Å². The summed E-state index contributed by atoms with van der Waals surface area (Å²) in [6.07, 6.45) is 0.846. The molecule has 0 aliphatic rings. The lowest BCUT2D eigenvalue weighted by atomic mass is 10.1. The smallest absolute Gasteiger partial charge is 0.242 e. The van der Waals surface area contributed by atoms with Crippen molar-refractivity contribution in [2.75, 3.05) is 12.8 Å². The van der Waals surface area contributed by atoms with E-state index in [1.54, 1.807) is 41.9 Å². The lowest BCUT2D eigenvalue weighted by molar-refractivity contribution is -0.140. The second-order valence-electron chi connectivity index (χ2n) is 6.71. The Kier molecular flexibility index (Phi) is 9.34. The van der Waals surface area contributed by atoms with Crippen LogP contribution in [0.3, 0.4) is 0 Å². The van der Waals surface area contributed by atoms with Crippen LogP contribution in [0.2, 0.25) is 10.0 Å². The highest BCUT2D eigenvalue weighted by Crippen LogP contribution is 2.25. The Bertz CT molecular complexity index is 843. The van der Waals surface area contributed by atoms with Crippen molar-refractivity contribution < 1.29 is 9.59 Å². The molecule has 0 fully saturated rings. The molecular formula is C22H26Cl2N2O2S. The molecule has 7 heteroatoms. The molecule has 0 radical (unpaired) electrons. The number of amides is 2. The molecule has 0 aromatic heterocycles. The second-order valence-corrected chi connectivity index (χ2v) is 8.72. The number of nitrogens with zero attached hydrogens (tertiary/aromatic N) is 1. The van der Waals surface area contributed by atoms with E-state index in [0.29, 0.717) is 28.6 Å². The van der Waals surface area contributed by atoms with E-state index < -0.39 is 6.04 Å². The molecular weight excluding hydrogens is 427 g/mol. The molecule has 0 saturated heterocycles. The van der Waals surface area contributed by atoms with E-state index in [1.165, 1.54) is 5.56 Å². The number of thioether (sulfide) groups is 1. The number of carbonyl (C=O) groups excluding carboxylic acids is 2. The fourth-order valence-electron chi connectivity index (χ4n) is 2.95. The predicted molar refractivity (Wildman–Crippen MR) is 122 cm³/mol. The monoisotopic (exact) mass is 452 g/mol. The van der Waals surface area contributed by atoms with E-state index >= 15 is 0 Å². The summed E-state index contributed by atoms with van der Waals surface area (Å²) >= 11 is 13.9. The summed E-state index contributed by atoms with van der Waals surface area (Å²) in [6.45, 7) is 4.20. The van der Waals surface area contributed by atoms with E-state index in [4.69, 9.17) is 23.2 Å². The second kappa shape index (κ2) is 11.5. The molecule has 2 aromatic rings. The molecule has 29 heavy (non-hydrogen) atoms. The normalized spacial score (nSPS) is 11.8. The zero-order valence-electron chi connectivity index (χ0n) is 16.9. The number of likely N-dealkylation sites (N-methyl/N-ethyl adjacent to an activating group) is 1. The summed E-state index contributed by atoms with van der Waals surface area (Å²) < 4.78 is 0. The molecule has 0 heterocycles. The van der Waals surface area contributed by atoms with Crippen molar-refractivity contribution in [1.82, 2.24) is 10.2 Å². The molecule has 4 nitrogen and oxygen atoms in total. The minimum Gasteiger partial charge on any atom is -0.357 e. The summed E-state index contributed by atoms with van der Waals surface area (Å²) in [5, 5.41) is 3.67. The van der Waals surface area contributed by atoms with Gasteiger partial charge >= 0.3 is 0 Å². The van der Waals surface area contributed by atoms with Crippen LogP contribution in [0.25, 0.3) is 0 Å². The maximum atomic E-state index is 13.1. The lowest BCUT2D eigenvalue weighted by Crippen LogP contribution is -2.48. The minimum atomic E-state index is -0.552. The molecule has 0 unspecified atom stereocenters. The lowest BCUT2D eigenvalue weighted by Gasteiger charge is -2.30. The molecule has 0 bridgehead atoms. The Morgan fingerprint density at radius 3 is 2.41 bits per heavy atom. The fourth-order valence-corrected chi connectivity index (χ4v) is 4.26. The van der Waals surface area contributed by atoms with E-state index in [9.17, 15) is 9.59 Å². The number of carbonyl (C=O) groups is 2. The van der Waals surface area contributed by atoms with Crippen molar-refractivity contribution in [3.8, 4) is 0 Å². The van der Waals surface area contributed by atoms with Crippen LogP contribution in [0.4, 0.5) is 0 Å². The Morgan fingerprint density at radius 1 is 1.14 bits per heavy atom. The van der Waals surface area contributed by atoms with Crippen LogP contribution in [-0.2, 0) is 16.1 Å². The zero-order chi connectivity index (χ0) is 21.4. The van der Waals surface area contributed by atoms with E-state index in [-0.39, 0.29) is 18.4 Å². The molecule has 156 valence electrons. The SMILES string of the molecule is CC[C@H](C(=O)NC)N(Cc1ccc(Cl)cc1Cl)C(=O)CCSc1ccc(C)cc1. The van der Waals surface area contributed by atoms with Crippen molar-refractivity contribution in [2.45, 2.75) is 44.2 Å². The molecule has 2 aromatic carbocycles. The van der Waals surface area contributed by atoms with Crippen LogP contribution in [0, 0.1) is 6.92 Å². The number of benzene rings is 2. The third-order valence-electron chi connectivity index (χ3n) is 4.59. The minimum absolute atomic E-state index is 0.0777. The van der Waals surface area contributed by atoms with Gasteiger partial charge in [-0.25, -0.2) is 0 Å². The molecule has 0 aliphatic carbocycles. The Morgan fingerprint density at radius 2 is 1.83 bits per heavy atom. The summed E-state index contributed by atoms with van der Waals surface area (Å²) in [4.78, 5) is 28.2. The Hall–Kier alpha value is -1.69. The van der Waals surface area contributed by atoms with Crippen LogP contribution in [0.1, 0.15) is 30.9 Å². The first-order valence-electron chi connectivity index (χ1n) is 9.50. The summed E-state index contributed by atoms with van der Waals surface area (Å²) in [6, 6.07) is 12.8. The first-order valence-corrected chi connectivity index (χ1v) is 11.2.